The molecule has 0 aliphatic heterocycles. The summed E-state index contributed by atoms with van der Waals surface area (Å²) in [6, 6.07) is 15.4. The summed E-state index contributed by atoms with van der Waals surface area (Å²) in [6.07, 6.45) is 0.242. The Balaban J connectivity index is 1.99. The molecule has 7 nitrogen and oxygen atoms in total. The lowest BCUT2D eigenvalue weighted by atomic mass is 10.0. The molecule has 0 bridgehead atoms. The van der Waals surface area contributed by atoms with E-state index in [2.05, 4.69) is 22.5 Å². The quantitative estimate of drug-likeness (QED) is 0.463. The summed E-state index contributed by atoms with van der Waals surface area (Å²) in [4.78, 5) is 35.6. The van der Waals surface area contributed by atoms with Crippen molar-refractivity contribution in [1.29, 1.82) is 0 Å². The highest BCUT2D eigenvalue weighted by molar-refractivity contribution is 5.89. The van der Waals surface area contributed by atoms with E-state index in [1.54, 1.807) is 0 Å². The van der Waals surface area contributed by atoms with Crippen molar-refractivity contribution in [3.8, 4) is 11.8 Å². The van der Waals surface area contributed by atoms with Crippen molar-refractivity contribution in [3.05, 3.63) is 71.3 Å². The van der Waals surface area contributed by atoms with E-state index in [1.807, 2.05) is 54.6 Å². The maximum atomic E-state index is 12.1. The van der Waals surface area contributed by atoms with E-state index in [-0.39, 0.29) is 13.0 Å². The Bertz CT molecular complexity index is 928. The lowest BCUT2D eigenvalue weighted by Crippen LogP contribution is -2.48. The first-order valence-corrected chi connectivity index (χ1v) is 9.45. The van der Waals surface area contributed by atoms with Gasteiger partial charge in [0.1, 0.15) is 6.04 Å². The van der Waals surface area contributed by atoms with Crippen LogP contribution >= 0.6 is 0 Å². The summed E-state index contributed by atoms with van der Waals surface area (Å²) in [5.74, 6) is 4.63. The van der Waals surface area contributed by atoms with Gasteiger partial charge in [-0.05, 0) is 36.8 Å². The zero-order valence-corrected chi connectivity index (χ0v) is 17.0. The highest BCUT2D eigenvalue weighted by atomic mass is 16.5. The second-order valence-corrected chi connectivity index (χ2v) is 6.67. The van der Waals surface area contributed by atoms with Gasteiger partial charge in [-0.25, -0.2) is 4.79 Å². The van der Waals surface area contributed by atoms with Crippen LogP contribution in [0.15, 0.2) is 54.6 Å². The Kier molecular flexibility index (Phi) is 8.60. The van der Waals surface area contributed by atoms with Crippen LogP contribution in [0.1, 0.15) is 23.6 Å². The number of hydrogen-bond donors (Lipinski definition) is 3. The average molecular weight is 407 g/mol. The SMILES string of the molecule is COC(=O)[C@H](Cc1ccc(C#Cc2ccccc2)cc1)NC(=O)CNC(=O)[C@@H](C)N. The molecule has 0 saturated carbocycles. The average Bonchev–Trinajstić information content (AvgIpc) is 2.76. The highest BCUT2D eigenvalue weighted by Crippen LogP contribution is 2.08. The van der Waals surface area contributed by atoms with Crippen LogP contribution in [0.3, 0.4) is 0 Å². The number of amides is 2. The molecule has 2 rings (SSSR count). The number of hydrogen-bond acceptors (Lipinski definition) is 5. The molecule has 0 fully saturated rings. The van der Waals surface area contributed by atoms with E-state index in [0.717, 1.165) is 16.7 Å². The highest BCUT2D eigenvalue weighted by Gasteiger charge is 2.22. The molecule has 0 heterocycles. The number of carbonyl (C=O) groups excluding carboxylic acids is 3. The monoisotopic (exact) mass is 407 g/mol. The van der Waals surface area contributed by atoms with Crippen molar-refractivity contribution in [2.75, 3.05) is 13.7 Å². The first kappa shape index (κ1) is 22.7. The van der Waals surface area contributed by atoms with Gasteiger partial charge in [-0.2, -0.15) is 0 Å². The molecule has 2 amide bonds. The fraction of sp³-hybridized carbons (Fsp3) is 0.261. The number of carbonyl (C=O) groups is 3. The van der Waals surface area contributed by atoms with Gasteiger partial charge in [0.15, 0.2) is 0 Å². The van der Waals surface area contributed by atoms with Crippen molar-refractivity contribution in [3.63, 3.8) is 0 Å². The van der Waals surface area contributed by atoms with Gasteiger partial charge < -0.3 is 21.1 Å². The molecule has 0 saturated heterocycles. The number of rotatable bonds is 7. The standard InChI is InChI=1S/C23H25N3O4/c1-16(24)22(28)25-15-21(27)26-20(23(29)30-2)14-19-12-10-18(11-13-19)9-8-17-6-4-3-5-7-17/h3-7,10-13,16,20H,14-15,24H2,1-2H3,(H,25,28)(H,26,27)/t16-,20+/m1/s1. The van der Waals surface area contributed by atoms with Crippen LogP contribution in [0.2, 0.25) is 0 Å². The maximum Gasteiger partial charge on any atom is 0.328 e. The molecule has 2 atom stereocenters. The third-order valence-corrected chi connectivity index (χ3v) is 4.18. The number of esters is 1. The third-order valence-electron chi connectivity index (χ3n) is 4.18. The minimum Gasteiger partial charge on any atom is -0.467 e. The fourth-order valence-electron chi connectivity index (χ4n) is 2.53. The zero-order chi connectivity index (χ0) is 21.9. The van der Waals surface area contributed by atoms with E-state index in [0.29, 0.717) is 0 Å². The summed E-state index contributed by atoms with van der Waals surface area (Å²) in [5, 5.41) is 4.97. The van der Waals surface area contributed by atoms with Gasteiger partial charge in [-0.3, -0.25) is 9.59 Å². The van der Waals surface area contributed by atoms with Crippen LogP contribution in [0.4, 0.5) is 0 Å². The summed E-state index contributed by atoms with van der Waals surface area (Å²) < 4.78 is 4.78. The minimum absolute atomic E-state index is 0.242. The fourth-order valence-corrected chi connectivity index (χ4v) is 2.53. The largest absolute Gasteiger partial charge is 0.467 e. The van der Waals surface area contributed by atoms with E-state index < -0.39 is 29.9 Å². The van der Waals surface area contributed by atoms with Crippen molar-refractivity contribution in [1.82, 2.24) is 10.6 Å². The predicted octanol–water partition coefficient (Wildman–Crippen LogP) is 0.750. The smallest absolute Gasteiger partial charge is 0.328 e. The van der Waals surface area contributed by atoms with Crippen LogP contribution < -0.4 is 16.4 Å². The molecule has 0 radical (unpaired) electrons. The zero-order valence-electron chi connectivity index (χ0n) is 17.0. The first-order valence-electron chi connectivity index (χ1n) is 9.45. The van der Waals surface area contributed by atoms with Gasteiger partial charge in [-0.1, -0.05) is 42.2 Å². The van der Waals surface area contributed by atoms with Gasteiger partial charge >= 0.3 is 5.97 Å². The van der Waals surface area contributed by atoms with Crippen LogP contribution in [0.5, 0.6) is 0 Å². The molecule has 0 aromatic heterocycles. The van der Waals surface area contributed by atoms with Crippen molar-refractivity contribution in [2.45, 2.75) is 25.4 Å². The lowest BCUT2D eigenvalue weighted by molar-refractivity contribution is -0.145. The molecular weight excluding hydrogens is 382 g/mol. The van der Waals surface area contributed by atoms with Crippen LogP contribution in [-0.4, -0.2) is 43.5 Å². The van der Waals surface area contributed by atoms with Crippen molar-refractivity contribution >= 4 is 17.8 Å². The molecule has 2 aromatic rings. The second kappa shape index (κ2) is 11.4. The lowest BCUT2D eigenvalue weighted by Gasteiger charge is -2.17. The van der Waals surface area contributed by atoms with E-state index in [1.165, 1.54) is 14.0 Å². The maximum absolute atomic E-state index is 12.1. The minimum atomic E-state index is -0.879. The number of nitrogens with two attached hydrogens (primary N) is 1. The Hall–Kier alpha value is -3.63. The molecule has 0 aliphatic carbocycles. The number of methoxy groups -OCH3 is 1. The Labute approximate surface area is 176 Å². The Morgan fingerprint density at radius 1 is 1.00 bits per heavy atom. The molecular formula is C23H25N3O4. The molecule has 0 spiro atoms. The van der Waals surface area contributed by atoms with Crippen molar-refractivity contribution < 1.29 is 19.1 Å². The summed E-state index contributed by atoms with van der Waals surface area (Å²) in [7, 11) is 1.25. The molecule has 0 aliphatic rings. The predicted molar refractivity (Wildman–Crippen MR) is 113 cm³/mol. The van der Waals surface area contributed by atoms with Crippen LogP contribution in [0.25, 0.3) is 0 Å². The van der Waals surface area contributed by atoms with E-state index in [4.69, 9.17) is 10.5 Å². The molecule has 7 heteroatoms. The molecule has 4 N–H and O–H groups in total. The molecule has 156 valence electrons. The summed E-state index contributed by atoms with van der Waals surface area (Å²) in [5.41, 5.74) is 8.02. The topological polar surface area (TPSA) is 111 Å². The molecule has 30 heavy (non-hydrogen) atoms. The van der Waals surface area contributed by atoms with Crippen LogP contribution in [-0.2, 0) is 25.5 Å². The van der Waals surface area contributed by atoms with Crippen LogP contribution in [0, 0.1) is 11.8 Å². The summed E-state index contributed by atoms with van der Waals surface area (Å²) >= 11 is 0. The number of benzene rings is 2. The number of nitrogens with one attached hydrogen (secondary N) is 2. The van der Waals surface area contributed by atoms with Gasteiger partial charge in [0, 0.05) is 17.5 Å². The number of ether oxygens (including phenoxy) is 1. The van der Waals surface area contributed by atoms with Gasteiger partial charge in [0.05, 0.1) is 19.7 Å². The van der Waals surface area contributed by atoms with Crippen molar-refractivity contribution in [2.24, 2.45) is 5.73 Å². The Morgan fingerprint density at radius 3 is 2.17 bits per heavy atom. The normalized spacial score (nSPS) is 12.0. The van der Waals surface area contributed by atoms with Gasteiger partial charge in [0.25, 0.3) is 0 Å². The second-order valence-electron chi connectivity index (χ2n) is 6.67. The van der Waals surface area contributed by atoms with Gasteiger partial charge in [0.2, 0.25) is 11.8 Å². The van der Waals surface area contributed by atoms with E-state index >= 15 is 0 Å². The third kappa shape index (κ3) is 7.41. The molecule has 0 unspecified atom stereocenters. The summed E-state index contributed by atoms with van der Waals surface area (Å²) in [6.45, 7) is 1.24. The Morgan fingerprint density at radius 2 is 1.60 bits per heavy atom. The van der Waals surface area contributed by atoms with Gasteiger partial charge in [-0.15, -0.1) is 0 Å². The first-order chi connectivity index (χ1) is 14.4. The van der Waals surface area contributed by atoms with E-state index in [9.17, 15) is 14.4 Å². The molecule has 2 aromatic carbocycles.